The monoisotopic (exact) mass is 547 g/mol. The second-order valence-electron chi connectivity index (χ2n) is 9.23. The highest BCUT2D eigenvalue weighted by atomic mass is 32.1. The van der Waals surface area contributed by atoms with Crippen molar-refractivity contribution >= 4 is 35.1 Å². The van der Waals surface area contributed by atoms with Crippen LogP contribution in [0.1, 0.15) is 46.6 Å². The number of hydrogen-bond donors (Lipinski definition) is 4. The molecule has 2 unspecified atom stereocenters. The maximum Gasteiger partial charge on any atom is 0.407 e. The molecule has 1 aliphatic rings. The molecule has 1 fully saturated rings. The van der Waals surface area contributed by atoms with Gasteiger partial charge in [-0.1, -0.05) is 60.7 Å². The van der Waals surface area contributed by atoms with Crippen LogP contribution in [0.4, 0.5) is 4.79 Å². The first-order valence-corrected chi connectivity index (χ1v) is 13.7. The van der Waals surface area contributed by atoms with Gasteiger partial charge in [0.1, 0.15) is 17.9 Å². The van der Waals surface area contributed by atoms with Gasteiger partial charge in [0, 0.05) is 17.3 Å². The van der Waals surface area contributed by atoms with E-state index >= 15 is 0 Å². The number of nitrogens with two attached hydrogens (primary N) is 1. The standard InChI is InChI=1S/C29H33N5O4S/c1-2-38-29(37)33-25(24(19-10-5-3-6-11-19)20-12-7-4-8-13-20)28(36)34-17-9-14-22(34)27(35)32-18-21-15-16-23(39-21)26(30)31/h3-8,10-13,15-16,22,24-25H,2,9,14,17-18H2,1H3,(H3,30,31)(H,32,35)(H,33,37). The number of likely N-dealkylation sites (tertiary alicyclic amines) is 1. The molecule has 2 heterocycles. The average Bonchev–Trinajstić information content (AvgIpc) is 3.63. The normalized spacial score (nSPS) is 15.5. The quantitative estimate of drug-likeness (QED) is 0.227. The molecule has 39 heavy (non-hydrogen) atoms. The third-order valence-electron chi connectivity index (χ3n) is 6.67. The van der Waals surface area contributed by atoms with Crippen molar-refractivity contribution in [3.05, 3.63) is 93.7 Å². The number of alkyl carbamates (subject to hydrolysis) is 1. The van der Waals surface area contributed by atoms with Gasteiger partial charge in [-0.15, -0.1) is 11.3 Å². The number of nitrogens with zero attached hydrogens (tertiary/aromatic N) is 1. The van der Waals surface area contributed by atoms with Gasteiger partial charge in [-0.2, -0.15) is 0 Å². The molecule has 1 saturated heterocycles. The van der Waals surface area contributed by atoms with Crippen LogP contribution >= 0.6 is 11.3 Å². The second-order valence-corrected chi connectivity index (χ2v) is 10.4. The van der Waals surface area contributed by atoms with Gasteiger partial charge in [-0.25, -0.2) is 4.79 Å². The Balaban J connectivity index is 1.59. The molecular weight excluding hydrogens is 514 g/mol. The van der Waals surface area contributed by atoms with Gasteiger partial charge >= 0.3 is 6.09 Å². The first-order chi connectivity index (χ1) is 18.9. The Labute approximate surface area is 231 Å². The topological polar surface area (TPSA) is 138 Å². The number of amidine groups is 1. The van der Waals surface area contributed by atoms with Gasteiger partial charge in [-0.3, -0.25) is 15.0 Å². The summed E-state index contributed by atoms with van der Waals surface area (Å²) in [5.74, 6) is -1.11. The van der Waals surface area contributed by atoms with Gasteiger partial charge in [0.15, 0.2) is 0 Å². The SMILES string of the molecule is CCOC(=O)NC(C(=O)N1CCCC1C(=O)NCc1ccc(C(=N)N)s1)C(c1ccccc1)c1ccccc1. The van der Waals surface area contributed by atoms with Crippen LogP contribution in [0.2, 0.25) is 0 Å². The number of carbonyl (C=O) groups is 3. The molecule has 1 aliphatic heterocycles. The van der Waals surface area contributed by atoms with Crippen LogP contribution in [-0.2, 0) is 20.9 Å². The zero-order chi connectivity index (χ0) is 27.8. The molecule has 9 nitrogen and oxygen atoms in total. The fraction of sp³-hybridized carbons (Fsp3) is 0.310. The third-order valence-corrected chi connectivity index (χ3v) is 7.79. The van der Waals surface area contributed by atoms with E-state index in [0.717, 1.165) is 16.0 Å². The molecule has 3 amide bonds. The van der Waals surface area contributed by atoms with E-state index in [1.807, 2.05) is 66.7 Å². The predicted octanol–water partition coefficient (Wildman–Crippen LogP) is 3.59. The van der Waals surface area contributed by atoms with Crippen molar-refractivity contribution in [2.45, 2.75) is 44.3 Å². The maximum atomic E-state index is 14.2. The Bertz CT molecular complexity index is 1260. The lowest BCUT2D eigenvalue weighted by Gasteiger charge is -2.33. The predicted molar refractivity (Wildman–Crippen MR) is 151 cm³/mol. The van der Waals surface area contributed by atoms with Crippen LogP contribution in [-0.4, -0.2) is 53.9 Å². The van der Waals surface area contributed by atoms with E-state index in [0.29, 0.717) is 24.3 Å². The Morgan fingerprint density at radius 1 is 1.05 bits per heavy atom. The van der Waals surface area contributed by atoms with Gasteiger partial charge < -0.3 is 26.0 Å². The molecule has 0 spiro atoms. The molecule has 3 aromatic rings. The molecule has 10 heteroatoms. The highest BCUT2D eigenvalue weighted by molar-refractivity contribution is 7.14. The average molecular weight is 548 g/mol. The lowest BCUT2D eigenvalue weighted by atomic mass is 9.84. The van der Waals surface area contributed by atoms with Crippen LogP contribution in [0.5, 0.6) is 0 Å². The number of nitrogens with one attached hydrogen (secondary N) is 3. The number of benzene rings is 2. The summed E-state index contributed by atoms with van der Waals surface area (Å²) in [4.78, 5) is 43.2. The molecule has 0 aliphatic carbocycles. The summed E-state index contributed by atoms with van der Waals surface area (Å²) in [7, 11) is 0. The minimum absolute atomic E-state index is 0.0170. The molecule has 2 atom stereocenters. The van der Waals surface area contributed by atoms with Gasteiger partial charge in [0.25, 0.3) is 0 Å². The lowest BCUT2D eigenvalue weighted by Crippen LogP contribution is -2.55. The van der Waals surface area contributed by atoms with Crippen molar-refractivity contribution in [3.8, 4) is 0 Å². The summed E-state index contributed by atoms with van der Waals surface area (Å²) >= 11 is 1.34. The highest BCUT2D eigenvalue weighted by Gasteiger charge is 2.41. The molecule has 204 valence electrons. The van der Waals surface area contributed by atoms with Gasteiger partial charge in [0.2, 0.25) is 11.8 Å². The zero-order valence-corrected chi connectivity index (χ0v) is 22.6. The van der Waals surface area contributed by atoms with E-state index in [1.165, 1.54) is 11.3 Å². The minimum atomic E-state index is -0.988. The second kappa shape index (κ2) is 13.1. The summed E-state index contributed by atoms with van der Waals surface area (Å²) in [5.41, 5.74) is 7.27. The van der Waals surface area contributed by atoms with Crippen molar-refractivity contribution in [3.63, 3.8) is 0 Å². The van der Waals surface area contributed by atoms with Gasteiger partial charge in [0.05, 0.1) is 18.0 Å². The van der Waals surface area contributed by atoms with Crippen molar-refractivity contribution < 1.29 is 19.1 Å². The molecule has 0 saturated carbocycles. The minimum Gasteiger partial charge on any atom is -0.450 e. The number of rotatable bonds is 10. The summed E-state index contributed by atoms with van der Waals surface area (Å²) in [6.07, 6.45) is 0.505. The van der Waals surface area contributed by atoms with E-state index in [1.54, 1.807) is 17.9 Å². The van der Waals surface area contributed by atoms with Crippen LogP contribution in [0.15, 0.2) is 72.8 Å². The Hall–Kier alpha value is -4.18. The van der Waals surface area contributed by atoms with E-state index in [-0.39, 0.29) is 30.8 Å². The largest absolute Gasteiger partial charge is 0.450 e. The molecular formula is C29H33N5O4S. The fourth-order valence-electron chi connectivity index (χ4n) is 4.88. The number of thiophene rings is 1. The number of hydrogen-bond acceptors (Lipinski definition) is 6. The van der Waals surface area contributed by atoms with Crippen LogP contribution in [0, 0.1) is 5.41 Å². The Morgan fingerprint density at radius 3 is 2.26 bits per heavy atom. The highest BCUT2D eigenvalue weighted by Crippen LogP contribution is 2.31. The molecule has 0 bridgehead atoms. The van der Waals surface area contributed by atoms with Crippen LogP contribution < -0.4 is 16.4 Å². The van der Waals surface area contributed by atoms with Gasteiger partial charge in [-0.05, 0) is 43.0 Å². The summed E-state index contributed by atoms with van der Waals surface area (Å²) in [6, 6.07) is 21.0. The number of carbonyl (C=O) groups excluding carboxylic acids is 3. The molecule has 5 N–H and O–H groups in total. The number of nitrogen functional groups attached to an aromatic ring is 1. The summed E-state index contributed by atoms with van der Waals surface area (Å²) in [5, 5.41) is 13.3. The summed E-state index contributed by atoms with van der Waals surface area (Å²) < 4.78 is 5.16. The third kappa shape index (κ3) is 6.83. The number of ether oxygens (including phenoxy) is 1. The Kier molecular flexibility index (Phi) is 9.32. The number of amides is 3. The van der Waals surface area contributed by atoms with Crippen molar-refractivity contribution in [2.24, 2.45) is 5.73 Å². The van der Waals surface area contributed by atoms with E-state index in [9.17, 15) is 14.4 Å². The van der Waals surface area contributed by atoms with Crippen LogP contribution in [0.3, 0.4) is 0 Å². The summed E-state index contributed by atoms with van der Waals surface area (Å²) in [6.45, 7) is 2.55. The Morgan fingerprint density at radius 2 is 1.69 bits per heavy atom. The zero-order valence-electron chi connectivity index (χ0n) is 21.8. The molecule has 2 aromatic carbocycles. The van der Waals surface area contributed by atoms with Crippen molar-refractivity contribution in [1.29, 1.82) is 5.41 Å². The first-order valence-electron chi connectivity index (χ1n) is 12.9. The van der Waals surface area contributed by atoms with Crippen LogP contribution in [0.25, 0.3) is 0 Å². The smallest absolute Gasteiger partial charge is 0.407 e. The van der Waals surface area contributed by atoms with E-state index < -0.39 is 24.1 Å². The fourth-order valence-corrected chi connectivity index (χ4v) is 5.69. The van der Waals surface area contributed by atoms with Crippen molar-refractivity contribution in [2.75, 3.05) is 13.2 Å². The lowest BCUT2D eigenvalue weighted by molar-refractivity contribution is -0.140. The van der Waals surface area contributed by atoms with Crippen molar-refractivity contribution in [1.82, 2.24) is 15.5 Å². The first kappa shape index (κ1) is 27.8. The molecule has 1 aromatic heterocycles. The van der Waals surface area contributed by atoms with E-state index in [4.69, 9.17) is 15.9 Å². The molecule has 0 radical (unpaired) electrons. The van der Waals surface area contributed by atoms with E-state index in [2.05, 4.69) is 10.6 Å². The maximum absolute atomic E-state index is 14.2. The molecule has 4 rings (SSSR count).